The summed E-state index contributed by atoms with van der Waals surface area (Å²) in [7, 11) is 0. The first kappa shape index (κ1) is 13.3. The second-order valence-corrected chi connectivity index (χ2v) is 3.91. The van der Waals surface area contributed by atoms with E-state index in [1.54, 1.807) is 12.1 Å². The molecule has 0 saturated heterocycles. The largest absolute Gasteiger partial charge is 0.493 e. The van der Waals surface area contributed by atoms with E-state index >= 15 is 0 Å². The van der Waals surface area contributed by atoms with Crippen LogP contribution in [0.15, 0.2) is 32.7 Å². The maximum Gasteiger partial charge on any atom is 0.223 e. The van der Waals surface area contributed by atoms with Crippen LogP contribution in [-0.4, -0.2) is 18.5 Å². The molecule has 0 saturated carbocycles. The van der Waals surface area contributed by atoms with E-state index in [-0.39, 0.29) is 11.9 Å². The van der Waals surface area contributed by atoms with Crippen LogP contribution in [0.3, 0.4) is 0 Å². The Bertz CT molecular complexity index is 454. The van der Waals surface area contributed by atoms with Crippen molar-refractivity contribution in [3.8, 4) is 5.75 Å². The molecule has 0 radical (unpaired) electrons. The molecule has 0 aliphatic carbocycles. The second kappa shape index (κ2) is 6.09. The van der Waals surface area contributed by atoms with Crippen LogP contribution in [0.4, 0.5) is 5.69 Å². The van der Waals surface area contributed by atoms with Gasteiger partial charge in [0.15, 0.2) is 5.96 Å². The van der Waals surface area contributed by atoms with Gasteiger partial charge in [0.25, 0.3) is 0 Å². The normalized spacial score (nSPS) is 11.1. The van der Waals surface area contributed by atoms with Crippen LogP contribution in [0, 0.1) is 0 Å². The van der Waals surface area contributed by atoms with Crippen LogP contribution >= 0.6 is 15.9 Å². The fraction of sp³-hybridized carbons (Fsp3) is 0.200. The molecule has 0 amide bonds. The summed E-state index contributed by atoms with van der Waals surface area (Å²) in [6, 6.07) is 5.32. The van der Waals surface area contributed by atoms with Gasteiger partial charge in [0.2, 0.25) is 5.96 Å². The van der Waals surface area contributed by atoms with Crippen molar-refractivity contribution in [1.29, 1.82) is 0 Å². The maximum absolute atomic E-state index is 5.52. The van der Waals surface area contributed by atoms with Gasteiger partial charge < -0.3 is 21.9 Å². The van der Waals surface area contributed by atoms with Gasteiger partial charge in [0.05, 0.1) is 16.8 Å². The molecule has 0 aliphatic rings. The number of hydrogen-bond donors (Lipinski definition) is 3. The molecule has 92 valence electrons. The number of halogens is 1. The Hall–Kier alpha value is -1.76. The molecule has 7 heteroatoms. The van der Waals surface area contributed by atoms with Crippen molar-refractivity contribution in [2.45, 2.75) is 6.92 Å². The number of ether oxygens (including phenoxy) is 1. The number of guanidine groups is 2. The minimum absolute atomic E-state index is 0.00484. The van der Waals surface area contributed by atoms with Crippen LogP contribution in [0.2, 0.25) is 0 Å². The van der Waals surface area contributed by atoms with Crippen molar-refractivity contribution in [1.82, 2.24) is 0 Å². The third kappa shape index (κ3) is 4.31. The van der Waals surface area contributed by atoms with Gasteiger partial charge in [-0.05, 0) is 35.0 Å². The second-order valence-electron chi connectivity index (χ2n) is 3.05. The average Bonchev–Trinajstić information content (AvgIpc) is 2.22. The maximum atomic E-state index is 5.52. The summed E-state index contributed by atoms with van der Waals surface area (Å²) in [6.07, 6.45) is 0. The molecule has 0 aliphatic heterocycles. The van der Waals surface area contributed by atoms with E-state index in [1.807, 2.05) is 13.0 Å². The van der Waals surface area contributed by atoms with E-state index in [1.165, 1.54) is 0 Å². The molecule has 0 bridgehead atoms. The molecule has 0 atom stereocenters. The summed E-state index contributed by atoms with van der Waals surface area (Å²) in [5.74, 6) is 0.550. The first-order chi connectivity index (χ1) is 8.02. The Morgan fingerprint density at radius 1 is 1.35 bits per heavy atom. The Labute approximate surface area is 108 Å². The lowest BCUT2D eigenvalue weighted by Gasteiger charge is -2.06. The standard InChI is InChI=1S/C10H14BrN5O/c1-2-17-8-5-6(3-4-7(8)11)15-10(14)16-9(12)13/h3-5H,2H2,1H3,(H6,12,13,14,15,16). The SMILES string of the molecule is CCOc1cc(N=C(N)N=C(N)N)ccc1Br. The molecular weight excluding hydrogens is 286 g/mol. The predicted molar refractivity (Wildman–Crippen MR) is 72.4 cm³/mol. The van der Waals surface area contributed by atoms with E-state index < -0.39 is 0 Å². The van der Waals surface area contributed by atoms with E-state index in [2.05, 4.69) is 25.9 Å². The van der Waals surface area contributed by atoms with Crippen molar-refractivity contribution >= 4 is 33.5 Å². The summed E-state index contributed by atoms with van der Waals surface area (Å²) in [6.45, 7) is 2.46. The number of aliphatic imine (C=N–C) groups is 2. The summed E-state index contributed by atoms with van der Waals surface area (Å²) >= 11 is 3.37. The van der Waals surface area contributed by atoms with Gasteiger partial charge >= 0.3 is 0 Å². The Balaban J connectivity index is 3.00. The van der Waals surface area contributed by atoms with Gasteiger partial charge in [0.1, 0.15) is 5.75 Å². The van der Waals surface area contributed by atoms with Gasteiger partial charge in [-0.2, -0.15) is 4.99 Å². The fourth-order valence-corrected chi connectivity index (χ4v) is 1.48. The molecule has 1 aromatic carbocycles. The lowest BCUT2D eigenvalue weighted by Crippen LogP contribution is -2.26. The minimum Gasteiger partial charge on any atom is -0.493 e. The zero-order valence-corrected chi connectivity index (χ0v) is 10.9. The van der Waals surface area contributed by atoms with Gasteiger partial charge in [-0.15, -0.1) is 0 Å². The topological polar surface area (TPSA) is 112 Å². The molecular formula is C10H14BrN5O. The van der Waals surface area contributed by atoms with E-state index in [9.17, 15) is 0 Å². The fourth-order valence-electron chi connectivity index (χ4n) is 1.12. The quantitative estimate of drug-likeness (QED) is 0.572. The van der Waals surface area contributed by atoms with Crippen LogP contribution in [-0.2, 0) is 0 Å². The summed E-state index contributed by atoms with van der Waals surface area (Å²) in [5.41, 5.74) is 16.5. The lowest BCUT2D eigenvalue weighted by molar-refractivity contribution is 0.338. The molecule has 0 spiro atoms. The van der Waals surface area contributed by atoms with Crippen molar-refractivity contribution < 1.29 is 4.74 Å². The van der Waals surface area contributed by atoms with Gasteiger partial charge in [-0.25, -0.2) is 4.99 Å². The average molecular weight is 300 g/mol. The smallest absolute Gasteiger partial charge is 0.223 e. The number of nitrogens with two attached hydrogens (primary N) is 3. The highest BCUT2D eigenvalue weighted by atomic mass is 79.9. The summed E-state index contributed by atoms with van der Waals surface area (Å²) < 4.78 is 6.24. The zero-order chi connectivity index (χ0) is 12.8. The number of benzene rings is 1. The molecule has 17 heavy (non-hydrogen) atoms. The monoisotopic (exact) mass is 299 g/mol. The van der Waals surface area contributed by atoms with E-state index in [0.29, 0.717) is 18.0 Å². The Morgan fingerprint density at radius 3 is 2.65 bits per heavy atom. The summed E-state index contributed by atoms with van der Waals surface area (Å²) in [4.78, 5) is 7.65. The number of nitrogens with zero attached hydrogens (tertiary/aromatic N) is 2. The molecule has 0 unspecified atom stereocenters. The highest BCUT2D eigenvalue weighted by molar-refractivity contribution is 9.10. The van der Waals surface area contributed by atoms with Crippen molar-refractivity contribution in [3.63, 3.8) is 0 Å². The van der Waals surface area contributed by atoms with Crippen LogP contribution in [0.5, 0.6) is 5.75 Å². The lowest BCUT2D eigenvalue weighted by atomic mass is 10.3. The van der Waals surface area contributed by atoms with Crippen LogP contribution in [0.1, 0.15) is 6.92 Å². The number of rotatable bonds is 3. The highest BCUT2D eigenvalue weighted by Crippen LogP contribution is 2.29. The molecule has 1 aromatic rings. The summed E-state index contributed by atoms with van der Waals surface area (Å²) in [5, 5.41) is 0. The third-order valence-corrected chi connectivity index (χ3v) is 2.36. The molecule has 0 fully saturated rings. The van der Waals surface area contributed by atoms with Crippen molar-refractivity contribution in [2.24, 2.45) is 27.2 Å². The van der Waals surface area contributed by atoms with Gasteiger partial charge in [-0.3, -0.25) is 0 Å². The zero-order valence-electron chi connectivity index (χ0n) is 9.35. The molecule has 6 nitrogen and oxygen atoms in total. The Morgan fingerprint density at radius 2 is 2.06 bits per heavy atom. The van der Waals surface area contributed by atoms with Crippen LogP contribution < -0.4 is 21.9 Å². The third-order valence-electron chi connectivity index (χ3n) is 1.70. The first-order valence-corrected chi connectivity index (χ1v) is 5.68. The van der Waals surface area contributed by atoms with E-state index in [4.69, 9.17) is 21.9 Å². The van der Waals surface area contributed by atoms with E-state index in [0.717, 1.165) is 4.47 Å². The first-order valence-electron chi connectivity index (χ1n) is 4.89. The molecule has 0 aromatic heterocycles. The Kier molecular flexibility index (Phi) is 4.77. The number of hydrogen-bond acceptors (Lipinski definition) is 2. The highest BCUT2D eigenvalue weighted by Gasteiger charge is 2.02. The van der Waals surface area contributed by atoms with Crippen LogP contribution in [0.25, 0.3) is 0 Å². The van der Waals surface area contributed by atoms with Crippen molar-refractivity contribution in [3.05, 3.63) is 22.7 Å². The molecule has 1 rings (SSSR count). The van der Waals surface area contributed by atoms with Crippen molar-refractivity contribution in [2.75, 3.05) is 6.61 Å². The molecule has 6 N–H and O–H groups in total. The minimum atomic E-state index is -0.131. The predicted octanol–water partition coefficient (Wildman–Crippen LogP) is 1.07. The van der Waals surface area contributed by atoms with Gasteiger partial charge in [0, 0.05) is 6.07 Å². The molecule has 0 heterocycles. The van der Waals surface area contributed by atoms with Gasteiger partial charge in [-0.1, -0.05) is 0 Å².